The van der Waals surface area contributed by atoms with Gasteiger partial charge >= 0.3 is 0 Å². The second-order valence-electron chi connectivity index (χ2n) is 12.0. The molecule has 11 heteroatoms. The quantitative estimate of drug-likeness (QED) is 0.176. The number of hydrogen-bond acceptors (Lipinski definition) is 11. The predicted octanol–water partition coefficient (Wildman–Crippen LogP) is 6.91. The predicted molar refractivity (Wildman–Crippen MR) is 169 cm³/mol. The van der Waals surface area contributed by atoms with Gasteiger partial charge in [-0.25, -0.2) is 0 Å². The van der Waals surface area contributed by atoms with E-state index in [0.29, 0.717) is 36.9 Å². The zero-order valence-corrected chi connectivity index (χ0v) is 26.2. The number of unbranched alkanes of at least 4 members (excludes halogenated alkanes) is 1. The Labute approximate surface area is 268 Å². The Morgan fingerprint density at radius 2 is 1.85 bits per heavy atom. The molecule has 0 radical (unpaired) electrons. The Balaban J connectivity index is 1.04. The lowest BCUT2D eigenvalue weighted by atomic mass is 9.97. The fourth-order valence-corrected chi connectivity index (χ4v) is 6.01. The third-order valence-corrected chi connectivity index (χ3v) is 8.80. The van der Waals surface area contributed by atoms with E-state index in [0.717, 1.165) is 71.7 Å². The molecule has 46 heavy (non-hydrogen) atoms. The van der Waals surface area contributed by atoms with Gasteiger partial charge in [0.05, 0.1) is 35.6 Å². The number of fused-ring (bicyclic) bond motifs is 1. The molecule has 1 aliphatic carbocycles. The van der Waals surface area contributed by atoms with Crippen molar-refractivity contribution in [1.82, 2.24) is 16.0 Å². The summed E-state index contributed by atoms with van der Waals surface area (Å²) in [5, 5.41) is 15.2. The summed E-state index contributed by atoms with van der Waals surface area (Å²) in [4.78, 5) is 24.2. The third-order valence-electron chi connectivity index (χ3n) is 8.80. The highest BCUT2D eigenvalue weighted by atomic mass is 17.0. The largest absolute Gasteiger partial charge is 0.493 e. The molecule has 1 saturated carbocycles. The van der Waals surface area contributed by atoms with Crippen LogP contribution >= 0.6 is 0 Å². The Morgan fingerprint density at radius 1 is 1.02 bits per heavy atom. The number of ether oxygens (including phenoxy) is 1. The van der Waals surface area contributed by atoms with Gasteiger partial charge < -0.3 is 23.8 Å². The number of nitrogens with one attached hydrogen (secondary N) is 1. The highest BCUT2D eigenvalue weighted by Gasteiger charge is 2.44. The summed E-state index contributed by atoms with van der Waals surface area (Å²) >= 11 is 0. The van der Waals surface area contributed by atoms with Gasteiger partial charge in [-0.1, -0.05) is 35.1 Å². The maximum Gasteiger partial charge on any atom is 0.208 e. The maximum absolute atomic E-state index is 9.72. The summed E-state index contributed by atoms with van der Waals surface area (Å²) < 4.78 is 11.6. The van der Waals surface area contributed by atoms with Crippen LogP contribution in [0.15, 0.2) is 65.2 Å². The van der Waals surface area contributed by atoms with E-state index in [4.69, 9.17) is 28.6 Å². The average molecular weight is 624 g/mol. The molecular weight excluding hydrogens is 586 g/mol. The van der Waals surface area contributed by atoms with E-state index in [-0.39, 0.29) is 5.41 Å². The van der Waals surface area contributed by atoms with Crippen LogP contribution in [0.4, 0.5) is 11.4 Å². The summed E-state index contributed by atoms with van der Waals surface area (Å²) in [6.07, 6.45) is 3.75. The second kappa shape index (κ2) is 12.7. The number of hydroxylamine groups is 2. The molecule has 1 unspecified atom stereocenters. The van der Waals surface area contributed by atoms with Gasteiger partial charge in [-0.2, -0.15) is 5.26 Å². The summed E-state index contributed by atoms with van der Waals surface area (Å²) in [5.41, 5.74) is 9.53. The zero-order valence-electron chi connectivity index (χ0n) is 26.2. The molecular formula is C35H37N5O6. The van der Waals surface area contributed by atoms with E-state index in [2.05, 4.69) is 71.2 Å². The number of hydrogen-bond donors (Lipinski definition) is 1. The Morgan fingerprint density at radius 3 is 2.57 bits per heavy atom. The van der Waals surface area contributed by atoms with Crippen molar-refractivity contribution in [3.63, 3.8) is 0 Å². The zero-order chi connectivity index (χ0) is 31.7. The first kappa shape index (κ1) is 30.1. The van der Waals surface area contributed by atoms with Crippen LogP contribution in [0.2, 0.25) is 0 Å². The lowest BCUT2D eigenvalue weighted by molar-refractivity contribution is -0.376. The SMILES string of the molecule is Cc1ccc(-c2c(C)noc2C)cc1N(CCCCOc1ccc2c(c1)ON(C1CCONO1)O2)c1ccc(C2(C#N)CC2)cc1. The standard InChI is InChI=1S/C35H37N5O6/c1-23-6-7-26(34-24(2)37-43-25(34)3)20-30(23)39(28-10-8-27(9-11-28)35(22-36)15-16-35)17-4-5-18-41-29-12-13-31-32(21-29)46-40(45-31)33-14-19-42-38-44-33/h6-13,20-21,33,38H,4-5,14-19H2,1-3H3. The van der Waals surface area contributed by atoms with Crippen LogP contribution in [0.25, 0.3) is 11.1 Å². The van der Waals surface area contributed by atoms with Crippen LogP contribution in [-0.4, -0.2) is 36.4 Å². The normalized spacial score (nSPS) is 18.3. The number of benzene rings is 3. The van der Waals surface area contributed by atoms with E-state index in [1.165, 1.54) is 10.8 Å². The molecule has 238 valence electrons. The fourth-order valence-electron chi connectivity index (χ4n) is 6.01. The minimum Gasteiger partial charge on any atom is -0.493 e. The van der Waals surface area contributed by atoms with E-state index in [1.807, 2.05) is 32.0 Å². The average Bonchev–Trinajstić information content (AvgIpc) is 3.66. The van der Waals surface area contributed by atoms with Crippen molar-refractivity contribution in [1.29, 1.82) is 5.26 Å². The number of nitrogens with zero attached hydrogens (tertiary/aromatic N) is 4. The van der Waals surface area contributed by atoms with Crippen molar-refractivity contribution < 1.29 is 28.6 Å². The van der Waals surface area contributed by atoms with Gasteiger partial charge in [-0.3, -0.25) is 9.68 Å². The highest BCUT2D eigenvalue weighted by Crippen LogP contribution is 2.48. The van der Waals surface area contributed by atoms with Gasteiger partial charge in [-0.15, -0.1) is 0 Å². The van der Waals surface area contributed by atoms with Crippen molar-refractivity contribution in [2.45, 2.75) is 64.5 Å². The van der Waals surface area contributed by atoms with Crippen LogP contribution in [-0.2, 0) is 15.1 Å². The van der Waals surface area contributed by atoms with Crippen LogP contribution in [0.1, 0.15) is 54.7 Å². The Bertz CT molecular complexity index is 1720. The summed E-state index contributed by atoms with van der Waals surface area (Å²) in [7, 11) is 0. The van der Waals surface area contributed by atoms with Crippen LogP contribution in [0.3, 0.4) is 0 Å². The molecule has 3 heterocycles. The molecule has 0 bridgehead atoms. The number of aromatic nitrogens is 1. The van der Waals surface area contributed by atoms with Crippen molar-refractivity contribution in [3.8, 4) is 34.4 Å². The van der Waals surface area contributed by atoms with Crippen molar-refractivity contribution in [2.24, 2.45) is 0 Å². The summed E-state index contributed by atoms with van der Waals surface area (Å²) in [5.74, 6) is 2.68. The minimum absolute atomic E-state index is 0.317. The highest BCUT2D eigenvalue weighted by molar-refractivity contribution is 5.76. The number of rotatable bonds is 11. The third kappa shape index (κ3) is 6.00. The molecule has 3 aliphatic rings. The molecule has 4 aromatic rings. The summed E-state index contributed by atoms with van der Waals surface area (Å²) in [6, 6.07) is 23.1. The van der Waals surface area contributed by atoms with Gasteiger partial charge in [0, 0.05) is 36.0 Å². The van der Waals surface area contributed by atoms with Gasteiger partial charge in [-0.05, 0) is 93.5 Å². The second-order valence-corrected chi connectivity index (χ2v) is 12.0. The topological polar surface area (TPSA) is 114 Å². The van der Waals surface area contributed by atoms with E-state index >= 15 is 0 Å². The fraction of sp³-hybridized carbons (Fsp3) is 0.371. The lowest BCUT2D eigenvalue weighted by Crippen LogP contribution is -2.46. The number of anilines is 2. The lowest BCUT2D eigenvalue weighted by Gasteiger charge is -2.28. The van der Waals surface area contributed by atoms with Gasteiger partial charge in [0.2, 0.25) is 6.23 Å². The van der Waals surface area contributed by atoms with Crippen LogP contribution in [0.5, 0.6) is 17.2 Å². The molecule has 1 atom stereocenters. The molecule has 0 amide bonds. The van der Waals surface area contributed by atoms with Crippen molar-refractivity contribution >= 4 is 11.4 Å². The van der Waals surface area contributed by atoms with Crippen LogP contribution in [0, 0.1) is 32.1 Å². The van der Waals surface area contributed by atoms with Gasteiger partial charge in [0.15, 0.2) is 11.5 Å². The Kier molecular flexibility index (Phi) is 8.27. The first-order valence-corrected chi connectivity index (χ1v) is 15.7. The first-order chi connectivity index (χ1) is 22.4. The van der Waals surface area contributed by atoms with Crippen LogP contribution < -0.4 is 25.0 Å². The Hall–Kier alpha value is -4.60. The monoisotopic (exact) mass is 623 g/mol. The van der Waals surface area contributed by atoms with Crippen molar-refractivity contribution in [2.75, 3.05) is 24.7 Å². The molecule has 3 aromatic carbocycles. The van der Waals surface area contributed by atoms with E-state index < -0.39 is 6.23 Å². The van der Waals surface area contributed by atoms with E-state index in [9.17, 15) is 5.26 Å². The summed E-state index contributed by atoms with van der Waals surface area (Å²) in [6.45, 7) is 7.87. The molecule has 2 aliphatic heterocycles. The molecule has 7 rings (SSSR count). The van der Waals surface area contributed by atoms with Gasteiger partial charge in [0.25, 0.3) is 0 Å². The molecule has 1 N–H and O–H groups in total. The van der Waals surface area contributed by atoms with Crippen molar-refractivity contribution in [3.05, 3.63) is 83.2 Å². The molecule has 0 spiro atoms. The molecule has 2 fully saturated rings. The smallest absolute Gasteiger partial charge is 0.208 e. The first-order valence-electron chi connectivity index (χ1n) is 15.7. The molecule has 11 nitrogen and oxygen atoms in total. The number of nitriles is 1. The van der Waals surface area contributed by atoms with E-state index in [1.54, 1.807) is 0 Å². The molecule has 1 saturated heterocycles. The number of aryl methyl sites for hydroxylation is 3. The maximum atomic E-state index is 9.72. The minimum atomic E-state index is -0.431. The van der Waals surface area contributed by atoms with Gasteiger partial charge in [0.1, 0.15) is 11.5 Å². The molecule has 1 aromatic heterocycles.